The lowest BCUT2D eigenvalue weighted by Gasteiger charge is -2.35. The number of benzene rings is 1. The van der Waals surface area contributed by atoms with Gasteiger partial charge in [0.1, 0.15) is 0 Å². The Kier molecular flexibility index (Phi) is 6.35. The van der Waals surface area contributed by atoms with Crippen molar-refractivity contribution >= 4 is 38.1 Å². The molecule has 0 unspecified atom stereocenters. The summed E-state index contributed by atoms with van der Waals surface area (Å²) in [5.74, 6) is -0.102. The molecule has 0 aliphatic carbocycles. The molecule has 1 aromatic carbocycles. The van der Waals surface area contributed by atoms with Crippen LogP contribution in [0.4, 0.5) is 15.5 Å². The second-order valence-corrected chi connectivity index (χ2v) is 9.44. The number of urea groups is 1. The van der Waals surface area contributed by atoms with Gasteiger partial charge in [0.25, 0.3) is 0 Å². The summed E-state index contributed by atoms with van der Waals surface area (Å²) >= 11 is 1.41. The average Bonchev–Trinajstić information content (AvgIpc) is 3.14. The van der Waals surface area contributed by atoms with Gasteiger partial charge in [-0.05, 0) is 42.1 Å². The summed E-state index contributed by atoms with van der Waals surface area (Å²) in [5, 5.41) is 7.85. The second kappa shape index (κ2) is 8.73. The molecule has 7 nitrogen and oxygen atoms in total. The van der Waals surface area contributed by atoms with E-state index in [1.165, 1.54) is 21.2 Å². The molecule has 1 saturated heterocycles. The molecule has 2 aromatic rings. The molecule has 1 fully saturated rings. The van der Waals surface area contributed by atoms with E-state index in [-0.39, 0.29) is 12.3 Å². The summed E-state index contributed by atoms with van der Waals surface area (Å²) in [7, 11) is -3.39. The van der Waals surface area contributed by atoms with Crippen LogP contribution in [0, 0.1) is 6.92 Å². The Morgan fingerprint density at radius 1 is 1.15 bits per heavy atom. The van der Waals surface area contributed by atoms with Crippen LogP contribution in [0.15, 0.2) is 41.8 Å². The van der Waals surface area contributed by atoms with Crippen LogP contribution in [-0.4, -0.2) is 57.2 Å². The standard InChI is InChI=1S/C18H24N4O3S2/c1-15-4-2-5-16(14-15)21-8-10-22(11-9-21)27(24,25)13-7-19-18(23)20-17-6-3-12-26-17/h2-6,12,14H,7-11,13H2,1H3,(H2,19,20,23). The molecule has 146 valence electrons. The van der Waals surface area contributed by atoms with Crippen LogP contribution >= 0.6 is 11.3 Å². The quantitative estimate of drug-likeness (QED) is 0.769. The fraction of sp³-hybridized carbons (Fsp3) is 0.389. The SMILES string of the molecule is Cc1cccc(N2CCN(S(=O)(=O)CCNC(=O)Nc3cccs3)CC2)c1. The van der Waals surface area contributed by atoms with Crippen molar-refractivity contribution in [1.82, 2.24) is 9.62 Å². The van der Waals surface area contributed by atoms with Crippen molar-refractivity contribution in [3.8, 4) is 0 Å². The van der Waals surface area contributed by atoms with Gasteiger partial charge in [0.2, 0.25) is 10.0 Å². The first-order chi connectivity index (χ1) is 12.9. The van der Waals surface area contributed by atoms with Gasteiger partial charge in [0.05, 0.1) is 10.8 Å². The minimum Gasteiger partial charge on any atom is -0.369 e. The largest absolute Gasteiger partial charge is 0.369 e. The molecule has 2 N–H and O–H groups in total. The summed E-state index contributed by atoms with van der Waals surface area (Å²) in [5.41, 5.74) is 2.31. The number of rotatable bonds is 6. The number of hydrogen-bond acceptors (Lipinski definition) is 5. The molecule has 1 aliphatic rings. The maximum atomic E-state index is 12.5. The smallest absolute Gasteiger partial charge is 0.319 e. The molecule has 0 radical (unpaired) electrons. The Labute approximate surface area is 164 Å². The monoisotopic (exact) mass is 408 g/mol. The van der Waals surface area contributed by atoms with E-state index >= 15 is 0 Å². The number of nitrogens with zero attached hydrogens (tertiary/aromatic N) is 2. The average molecular weight is 409 g/mol. The highest BCUT2D eigenvalue weighted by atomic mass is 32.2. The van der Waals surface area contributed by atoms with Crippen LogP contribution in [0.5, 0.6) is 0 Å². The molecule has 0 saturated carbocycles. The van der Waals surface area contributed by atoms with E-state index in [1.54, 1.807) is 6.07 Å². The normalized spacial score (nSPS) is 15.5. The molecule has 0 spiro atoms. The summed E-state index contributed by atoms with van der Waals surface area (Å²) in [6, 6.07) is 11.5. The summed E-state index contributed by atoms with van der Waals surface area (Å²) < 4.78 is 26.6. The van der Waals surface area contributed by atoms with E-state index in [2.05, 4.69) is 21.6 Å². The third kappa shape index (κ3) is 5.44. The maximum Gasteiger partial charge on any atom is 0.319 e. The molecular weight excluding hydrogens is 384 g/mol. The minimum absolute atomic E-state index is 0.0810. The Balaban J connectivity index is 1.44. The van der Waals surface area contributed by atoms with Gasteiger partial charge < -0.3 is 10.2 Å². The second-order valence-electron chi connectivity index (χ2n) is 6.40. The molecule has 0 atom stereocenters. The first kappa shape index (κ1) is 19.7. The van der Waals surface area contributed by atoms with Crippen LogP contribution in [0.3, 0.4) is 0 Å². The molecule has 0 bridgehead atoms. The number of aryl methyl sites for hydroxylation is 1. The summed E-state index contributed by atoms with van der Waals surface area (Å²) in [6.45, 7) is 4.36. The van der Waals surface area contributed by atoms with Gasteiger partial charge >= 0.3 is 6.03 Å². The Morgan fingerprint density at radius 2 is 1.93 bits per heavy atom. The number of amides is 2. The van der Waals surface area contributed by atoms with Gasteiger partial charge in [-0.25, -0.2) is 13.2 Å². The number of carbonyl (C=O) groups excluding carboxylic acids is 1. The van der Waals surface area contributed by atoms with E-state index in [4.69, 9.17) is 0 Å². The van der Waals surface area contributed by atoms with Crippen molar-refractivity contribution in [2.24, 2.45) is 0 Å². The van der Waals surface area contributed by atoms with Crippen molar-refractivity contribution in [3.63, 3.8) is 0 Å². The fourth-order valence-electron chi connectivity index (χ4n) is 2.98. The number of thiophene rings is 1. The topological polar surface area (TPSA) is 81.8 Å². The number of carbonyl (C=O) groups is 1. The molecule has 1 aromatic heterocycles. The summed E-state index contributed by atoms with van der Waals surface area (Å²) in [6.07, 6.45) is 0. The third-order valence-corrected chi connectivity index (χ3v) is 7.06. The van der Waals surface area contributed by atoms with Gasteiger partial charge in [0, 0.05) is 38.4 Å². The number of sulfonamides is 1. The van der Waals surface area contributed by atoms with Gasteiger partial charge in [-0.15, -0.1) is 11.3 Å². The minimum atomic E-state index is -3.39. The van der Waals surface area contributed by atoms with Gasteiger partial charge in [0.15, 0.2) is 0 Å². The third-order valence-electron chi connectivity index (χ3n) is 4.40. The van der Waals surface area contributed by atoms with Crippen LogP contribution in [0.1, 0.15) is 5.56 Å². The Morgan fingerprint density at radius 3 is 2.59 bits per heavy atom. The predicted octanol–water partition coefficient (Wildman–Crippen LogP) is 2.33. The predicted molar refractivity (Wildman–Crippen MR) is 110 cm³/mol. The Hall–Kier alpha value is -2.10. The van der Waals surface area contributed by atoms with Crippen molar-refractivity contribution in [2.45, 2.75) is 6.92 Å². The lowest BCUT2D eigenvalue weighted by molar-refractivity contribution is 0.252. The molecule has 2 heterocycles. The molecule has 1 aliphatic heterocycles. The lowest BCUT2D eigenvalue weighted by atomic mass is 10.2. The first-order valence-electron chi connectivity index (χ1n) is 8.82. The van der Waals surface area contributed by atoms with Crippen molar-refractivity contribution in [3.05, 3.63) is 47.3 Å². The van der Waals surface area contributed by atoms with Crippen molar-refractivity contribution in [2.75, 3.05) is 48.7 Å². The molecular formula is C18H24N4O3S2. The van der Waals surface area contributed by atoms with E-state index < -0.39 is 16.1 Å². The van der Waals surface area contributed by atoms with Crippen LogP contribution in [0.25, 0.3) is 0 Å². The highest BCUT2D eigenvalue weighted by Crippen LogP contribution is 2.19. The van der Waals surface area contributed by atoms with Crippen LogP contribution in [-0.2, 0) is 10.0 Å². The van der Waals surface area contributed by atoms with Crippen LogP contribution < -0.4 is 15.5 Å². The van der Waals surface area contributed by atoms with E-state index in [0.717, 1.165) is 10.7 Å². The number of piperazine rings is 1. The van der Waals surface area contributed by atoms with Crippen molar-refractivity contribution in [1.29, 1.82) is 0 Å². The van der Waals surface area contributed by atoms with E-state index in [1.807, 2.05) is 36.6 Å². The van der Waals surface area contributed by atoms with Crippen LogP contribution in [0.2, 0.25) is 0 Å². The molecule has 27 heavy (non-hydrogen) atoms. The number of hydrogen-bond donors (Lipinski definition) is 2. The Bertz CT molecular complexity index is 860. The zero-order chi connectivity index (χ0) is 19.3. The number of nitrogens with one attached hydrogen (secondary N) is 2. The zero-order valence-electron chi connectivity index (χ0n) is 15.2. The zero-order valence-corrected chi connectivity index (χ0v) is 16.9. The first-order valence-corrected chi connectivity index (χ1v) is 11.3. The highest BCUT2D eigenvalue weighted by Gasteiger charge is 2.26. The van der Waals surface area contributed by atoms with E-state index in [0.29, 0.717) is 26.2 Å². The highest BCUT2D eigenvalue weighted by molar-refractivity contribution is 7.89. The van der Waals surface area contributed by atoms with Crippen molar-refractivity contribution < 1.29 is 13.2 Å². The molecule has 9 heteroatoms. The van der Waals surface area contributed by atoms with Gasteiger partial charge in [-0.1, -0.05) is 12.1 Å². The van der Waals surface area contributed by atoms with Gasteiger partial charge in [-0.2, -0.15) is 4.31 Å². The fourth-order valence-corrected chi connectivity index (χ4v) is 4.93. The summed E-state index contributed by atoms with van der Waals surface area (Å²) in [4.78, 5) is 14.0. The van der Waals surface area contributed by atoms with E-state index in [9.17, 15) is 13.2 Å². The number of anilines is 2. The van der Waals surface area contributed by atoms with Gasteiger partial charge in [-0.3, -0.25) is 5.32 Å². The lowest BCUT2D eigenvalue weighted by Crippen LogP contribution is -2.50. The molecule has 2 amide bonds. The maximum absolute atomic E-state index is 12.5. The molecule has 3 rings (SSSR count).